The lowest BCUT2D eigenvalue weighted by Crippen LogP contribution is -2.38. The van der Waals surface area contributed by atoms with Gasteiger partial charge in [-0.2, -0.15) is 0 Å². The van der Waals surface area contributed by atoms with Crippen LogP contribution in [0.1, 0.15) is 25.8 Å². The normalized spacial score (nSPS) is 21.7. The van der Waals surface area contributed by atoms with Gasteiger partial charge in [0.2, 0.25) is 5.89 Å². The number of benzene rings is 2. The second-order valence-corrected chi connectivity index (χ2v) is 7.44. The molecule has 25 heavy (non-hydrogen) atoms. The molecular weight excluding hydrogens is 315 g/mol. The van der Waals surface area contributed by atoms with Gasteiger partial charge in [-0.15, -0.1) is 0 Å². The van der Waals surface area contributed by atoms with E-state index in [4.69, 9.17) is 4.42 Å². The Morgan fingerprint density at radius 3 is 2.64 bits per heavy atom. The molecule has 0 amide bonds. The monoisotopic (exact) mass is 338 g/mol. The lowest BCUT2D eigenvalue weighted by atomic mass is 9.91. The molecular formula is C21H23FN2O. The standard InChI is InChI=1S/C21H23FN2O/c1-14-9-15(2)12-24(11-14)13-16-7-8-20-19(10-16)23-21(25-20)17-5-3-4-6-18(17)22/h3-8,10,14-15H,9,11-13H2,1-2H3/t14-,15-/m0/s1. The fourth-order valence-electron chi connectivity index (χ4n) is 4.00. The van der Waals surface area contributed by atoms with Crippen molar-refractivity contribution in [1.29, 1.82) is 0 Å². The Balaban J connectivity index is 1.59. The van der Waals surface area contributed by atoms with Crippen molar-refractivity contribution in [3.63, 3.8) is 0 Å². The van der Waals surface area contributed by atoms with Crippen LogP contribution >= 0.6 is 0 Å². The Hall–Kier alpha value is -2.20. The first-order chi connectivity index (χ1) is 12.1. The van der Waals surface area contributed by atoms with Crippen LogP contribution in [0, 0.1) is 17.7 Å². The maximum absolute atomic E-state index is 14.0. The van der Waals surface area contributed by atoms with E-state index in [1.54, 1.807) is 18.2 Å². The summed E-state index contributed by atoms with van der Waals surface area (Å²) in [5.74, 6) is 1.51. The number of piperidine rings is 1. The van der Waals surface area contributed by atoms with E-state index >= 15 is 0 Å². The molecule has 4 heteroatoms. The van der Waals surface area contributed by atoms with Gasteiger partial charge in [0.15, 0.2) is 5.58 Å². The molecule has 2 aromatic carbocycles. The summed E-state index contributed by atoms with van der Waals surface area (Å²) in [6, 6.07) is 12.7. The van der Waals surface area contributed by atoms with Crippen molar-refractivity contribution in [2.45, 2.75) is 26.8 Å². The first-order valence-electron chi connectivity index (χ1n) is 8.95. The van der Waals surface area contributed by atoms with Crippen LogP contribution in [0.2, 0.25) is 0 Å². The van der Waals surface area contributed by atoms with Crippen LogP contribution in [0.15, 0.2) is 46.9 Å². The first kappa shape index (κ1) is 16.3. The van der Waals surface area contributed by atoms with Crippen LogP contribution in [0.25, 0.3) is 22.6 Å². The van der Waals surface area contributed by atoms with E-state index < -0.39 is 0 Å². The number of oxazole rings is 1. The van der Waals surface area contributed by atoms with Crippen LogP contribution in [-0.2, 0) is 6.54 Å². The average molecular weight is 338 g/mol. The zero-order chi connectivity index (χ0) is 17.4. The highest BCUT2D eigenvalue weighted by Crippen LogP contribution is 2.28. The smallest absolute Gasteiger partial charge is 0.230 e. The number of halogens is 1. The van der Waals surface area contributed by atoms with Crippen LogP contribution in [0.3, 0.4) is 0 Å². The van der Waals surface area contributed by atoms with Gasteiger partial charge in [-0.25, -0.2) is 9.37 Å². The zero-order valence-corrected chi connectivity index (χ0v) is 14.7. The molecule has 0 aliphatic carbocycles. The quantitative estimate of drug-likeness (QED) is 0.664. The van der Waals surface area contributed by atoms with Crippen LogP contribution in [0.4, 0.5) is 4.39 Å². The summed E-state index contributed by atoms with van der Waals surface area (Å²) >= 11 is 0. The van der Waals surface area contributed by atoms with E-state index in [1.165, 1.54) is 18.1 Å². The number of hydrogen-bond acceptors (Lipinski definition) is 3. The average Bonchev–Trinajstić information content (AvgIpc) is 2.97. The highest BCUT2D eigenvalue weighted by molar-refractivity contribution is 5.77. The second-order valence-electron chi connectivity index (χ2n) is 7.44. The summed E-state index contributed by atoms with van der Waals surface area (Å²) in [5.41, 5.74) is 3.11. The van der Waals surface area contributed by atoms with Crippen LogP contribution < -0.4 is 0 Å². The van der Waals surface area contributed by atoms with Crippen molar-refractivity contribution < 1.29 is 8.81 Å². The van der Waals surface area contributed by atoms with Gasteiger partial charge < -0.3 is 4.42 Å². The minimum atomic E-state index is -0.314. The van der Waals surface area contributed by atoms with Crippen LogP contribution in [0.5, 0.6) is 0 Å². The molecule has 130 valence electrons. The predicted octanol–water partition coefficient (Wildman–Crippen LogP) is 5.11. The number of aromatic nitrogens is 1. The highest BCUT2D eigenvalue weighted by atomic mass is 19.1. The van der Waals surface area contributed by atoms with Crippen molar-refractivity contribution in [2.24, 2.45) is 11.8 Å². The van der Waals surface area contributed by atoms with E-state index in [1.807, 2.05) is 6.07 Å². The summed E-state index contributed by atoms with van der Waals surface area (Å²) in [5, 5.41) is 0. The fraction of sp³-hybridized carbons (Fsp3) is 0.381. The fourth-order valence-corrected chi connectivity index (χ4v) is 4.00. The molecule has 1 aromatic heterocycles. The van der Waals surface area contributed by atoms with E-state index in [2.05, 4.69) is 35.9 Å². The van der Waals surface area contributed by atoms with Gasteiger partial charge in [0.25, 0.3) is 0 Å². The molecule has 4 rings (SSSR count). The van der Waals surface area contributed by atoms with Crippen molar-refractivity contribution in [3.05, 3.63) is 53.8 Å². The number of hydrogen-bond donors (Lipinski definition) is 0. The molecule has 2 atom stereocenters. The molecule has 3 aromatic rings. The molecule has 1 saturated heterocycles. The van der Waals surface area contributed by atoms with Gasteiger partial charge in [-0.1, -0.05) is 32.0 Å². The Morgan fingerprint density at radius 2 is 1.88 bits per heavy atom. The van der Waals surface area contributed by atoms with Crippen molar-refractivity contribution in [1.82, 2.24) is 9.88 Å². The van der Waals surface area contributed by atoms with Crippen LogP contribution in [-0.4, -0.2) is 23.0 Å². The maximum atomic E-state index is 14.0. The number of nitrogens with zero attached hydrogens (tertiary/aromatic N) is 2. The molecule has 0 spiro atoms. The third-order valence-electron chi connectivity index (χ3n) is 4.91. The van der Waals surface area contributed by atoms with Crippen molar-refractivity contribution in [3.8, 4) is 11.5 Å². The predicted molar refractivity (Wildman–Crippen MR) is 97.6 cm³/mol. The summed E-state index contributed by atoms with van der Waals surface area (Å²) in [6.07, 6.45) is 1.31. The molecule has 0 saturated carbocycles. The van der Waals surface area contributed by atoms with Gasteiger partial charge in [0, 0.05) is 19.6 Å². The molecule has 0 bridgehead atoms. The van der Waals surface area contributed by atoms with Crippen molar-refractivity contribution in [2.75, 3.05) is 13.1 Å². The van der Waals surface area contributed by atoms with Gasteiger partial charge in [0.1, 0.15) is 11.3 Å². The third-order valence-corrected chi connectivity index (χ3v) is 4.91. The lowest BCUT2D eigenvalue weighted by molar-refractivity contribution is 0.134. The third kappa shape index (κ3) is 3.45. The van der Waals surface area contributed by atoms with Crippen molar-refractivity contribution >= 4 is 11.1 Å². The van der Waals surface area contributed by atoms with E-state index in [9.17, 15) is 4.39 Å². The molecule has 2 heterocycles. The summed E-state index contributed by atoms with van der Waals surface area (Å²) < 4.78 is 19.7. The molecule has 1 fully saturated rings. The largest absolute Gasteiger partial charge is 0.436 e. The molecule has 0 radical (unpaired) electrons. The van der Waals surface area contributed by atoms with Gasteiger partial charge in [0.05, 0.1) is 5.56 Å². The lowest BCUT2D eigenvalue weighted by Gasteiger charge is -2.34. The molecule has 3 nitrogen and oxygen atoms in total. The van der Waals surface area contributed by atoms with E-state index in [0.29, 0.717) is 17.0 Å². The molecule has 0 unspecified atom stereocenters. The second kappa shape index (κ2) is 6.60. The summed E-state index contributed by atoms with van der Waals surface area (Å²) in [4.78, 5) is 7.01. The first-order valence-corrected chi connectivity index (χ1v) is 8.95. The number of fused-ring (bicyclic) bond motifs is 1. The Kier molecular flexibility index (Phi) is 4.30. The Labute approximate surface area is 147 Å². The Morgan fingerprint density at radius 1 is 1.12 bits per heavy atom. The Bertz CT molecular complexity index is 878. The zero-order valence-electron chi connectivity index (χ0n) is 14.7. The number of likely N-dealkylation sites (tertiary alicyclic amines) is 1. The minimum Gasteiger partial charge on any atom is -0.436 e. The summed E-state index contributed by atoms with van der Waals surface area (Å²) in [6.45, 7) is 7.85. The molecule has 0 N–H and O–H groups in total. The number of rotatable bonds is 3. The maximum Gasteiger partial charge on any atom is 0.230 e. The van der Waals surface area contributed by atoms with Gasteiger partial charge in [-0.05, 0) is 48.1 Å². The van der Waals surface area contributed by atoms with E-state index in [-0.39, 0.29) is 5.82 Å². The molecule has 1 aliphatic heterocycles. The highest BCUT2D eigenvalue weighted by Gasteiger charge is 2.22. The van der Waals surface area contributed by atoms with Gasteiger partial charge in [-0.3, -0.25) is 4.90 Å². The minimum absolute atomic E-state index is 0.314. The van der Waals surface area contributed by atoms with E-state index in [0.717, 1.165) is 37.0 Å². The summed E-state index contributed by atoms with van der Waals surface area (Å²) in [7, 11) is 0. The molecule has 1 aliphatic rings. The SMILES string of the molecule is C[C@H]1C[C@H](C)CN(Cc2ccc3oc(-c4ccccc4F)nc3c2)C1. The van der Waals surface area contributed by atoms with Gasteiger partial charge >= 0.3 is 0 Å². The topological polar surface area (TPSA) is 29.3 Å².